The smallest absolute Gasteiger partial charge is 0.145 e. The zero-order valence-corrected chi connectivity index (χ0v) is 25.8. The van der Waals surface area contributed by atoms with Crippen LogP contribution in [0.1, 0.15) is 25.0 Å². The van der Waals surface area contributed by atoms with Gasteiger partial charge in [0.05, 0.1) is 22.2 Å². The molecule has 0 atom stereocenters. The first-order valence-electron chi connectivity index (χ1n) is 15.9. The van der Waals surface area contributed by atoms with Gasteiger partial charge in [0, 0.05) is 27.6 Å². The number of nitrogens with zero attached hydrogens (tertiary/aromatic N) is 3. The molecule has 46 heavy (non-hydrogen) atoms. The lowest BCUT2D eigenvalue weighted by atomic mass is 9.78. The van der Waals surface area contributed by atoms with Gasteiger partial charge in [-0.2, -0.15) is 0 Å². The van der Waals surface area contributed by atoms with Crippen LogP contribution >= 0.6 is 0 Å². The number of pyridine rings is 1. The Bertz CT molecular complexity index is 2430. The van der Waals surface area contributed by atoms with Gasteiger partial charge in [-0.15, -0.1) is 0 Å². The Kier molecular flexibility index (Phi) is 5.85. The van der Waals surface area contributed by atoms with Crippen molar-refractivity contribution in [3.8, 4) is 50.6 Å². The molecule has 218 valence electrons. The van der Waals surface area contributed by atoms with Crippen molar-refractivity contribution in [3.05, 3.63) is 163 Å². The van der Waals surface area contributed by atoms with Crippen LogP contribution in [0.4, 0.5) is 0 Å². The van der Waals surface area contributed by atoms with Crippen molar-refractivity contribution < 1.29 is 0 Å². The minimum absolute atomic E-state index is 0.167. The van der Waals surface area contributed by atoms with Crippen molar-refractivity contribution in [1.29, 1.82) is 0 Å². The molecule has 0 saturated heterocycles. The summed E-state index contributed by atoms with van der Waals surface area (Å²) >= 11 is 0. The number of hydrogen-bond donors (Lipinski definition) is 0. The second-order valence-electron chi connectivity index (χ2n) is 12.7. The molecule has 0 unspecified atom stereocenters. The highest BCUT2D eigenvalue weighted by Gasteiger charge is 2.39. The lowest BCUT2D eigenvalue weighted by Crippen LogP contribution is -2.16. The average molecular weight is 590 g/mol. The monoisotopic (exact) mass is 589 g/mol. The Hall–Kier alpha value is -5.80. The van der Waals surface area contributed by atoms with Crippen LogP contribution in [0, 0.1) is 0 Å². The largest absolute Gasteiger partial charge is 0.292 e. The van der Waals surface area contributed by atoms with Crippen LogP contribution in [-0.2, 0) is 5.41 Å². The molecule has 0 aliphatic heterocycles. The number of fused-ring (bicyclic) bond motifs is 5. The molecule has 3 nitrogen and oxygen atoms in total. The van der Waals surface area contributed by atoms with Crippen LogP contribution in [0.25, 0.3) is 72.5 Å². The van der Waals surface area contributed by atoms with E-state index in [9.17, 15) is 0 Å². The summed E-state index contributed by atoms with van der Waals surface area (Å²) in [6.45, 7) is 4.67. The van der Waals surface area contributed by atoms with E-state index in [0.29, 0.717) is 0 Å². The van der Waals surface area contributed by atoms with Gasteiger partial charge >= 0.3 is 0 Å². The van der Waals surface area contributed by atoms with Gasteiger partial charge in [0.15, 0.2) is 0 Å². The van der Waals surface area contributed by atoms with Gasteiger partial charge in [0.2, 0.25) is 0 Å². The summed E-state index contributed by atoms with van der Waals surface area (Å²) < 4.78 is 2.25. The zero-order chi connectivity index (χ0) is 30.8. The number of rotatable bonds is 4. The zero-order valence-electron chi connectivity index (χ0n) is 25.8. The fourth-order valence-corrected chi connectivity index (χ4v) is 7.41. The molecule has 0 spiro atoms. The van der Waals surface area contributed by atoms with E-state index in [4.69, 9.17) is 9.97 Å². The quantitative estimate of drug-likeness (QED) is 0.204. The Morgan fingerprint density at radius 2 is 1.20 bits per heavy atom. The molecular formula is C43H31N3. The standard InChI is InChI=1S/C43H31N3/c1-43(2)35-19-8-6-17-33(35)41-40(43)39(34-18-7-9-20-36(34)44-41)31-14-12-13-30(27-31)28-23-25-29(26-24-28)42-45-37-21-10-11-22-38(37)46(42)32-15-4-3-5-16-32/h3-27H,1-2H3. The molecule has 9 rings (SSSR count). The minimum atomic E-state index is -0.167. The summed E-state index contributed by atoms with van der Waals surface area (Å²) in [4.78, 5) is 10.3. The van der Waals surface area contributed by atoms with E-state index in [1.165, 1.54) is 44.3 Å². The van der Waals surface area contributed by atoms with E-state index < -0.39 is 0 Å². The minimum Gasteiger partial charge on any atom is -0.292 e. The van der Waals surface area contributed by atoms with Crippen LogP contribution in [0.15, 0.2) is 152 Å². The normalized spacial score (nSPS) is 13.2. The van der Waals surface area contributed by atoms with Crippen LogP contribution in [0.2, 0.25) is 0 Å². The van der Waals surface area contributed by atoms with Gasteiger partial charge in [0.25, 0.3) is 0 Å². The predicted molar refractivity (Wildman–Crippen MR) is 190 cm³/mol. The van der Waals surface area contributed by atoms with Gasteiger partial charge in [-0.25, -0.2) is 9.97 Å². The third-order valence-electron chi connectivity index (χ3n) is 9.58. The van der Waals surface area contributed by atoms with E-state index in [2.05, 4.69) is 158 Å². The van der Waals surface area contributed by atoms with E-state index >= 15 is 0 Å². The number of benzene rings is 6. The summed E-state index contributed by atoms with van der Waals surface area (Å²) in [5.41, 5.74) is 15.0. The van der Waals surface area contributed by atoms with Gasteiger partial charge in [-0.1, -0.05) is 129 Å². The van der Waals surface area contributed by atoms with E-state index in [-0.39, 0.29) is 5.41 Å². The van der Waals surface area contributed by atoms with Gasteiger partial charge in [0.1, 0.15) is 5.82 Å². The van der Waals surface area contributed by atoms with Crippen LogP contribution in [0.3, 0.4) is 0 Å². The van der Waals surface area contributed by atoms with E-state index in [1.54, 1.807) is 0 Å². The maximum atomic E-state index is 5.23. The molecule has 3 heteroatoms. The summed E-state index contributed by atoms with van der Waals surface area (Å²) in [5.74, 6) is 0.938. The SMILES string of the molecule is CC1(C)c2ccccc2-c2nc3ccccc3c(-c3cccc(-c4ccc(-c5nc6ccccc6n5-c5ccccc5)cc4)c3)c21. The number of aromatic nitrogens is 3. The lowest BCUT2D eigenvalue weighted by Gasteiger charge is -2.25. The van der Waals surface area contributed by atoms with Gasteiger partial charge < -0.3 is 0 Å². The highest BCUT2D eigenvalue weighted by Crippen LogP contribution is 2.53. The van der Waals surface area contributed by atoms with Crippen molar-refractivity contribution in [3.63, 3.8) is 0 Å². The Balaban J connectivity index is 1.17. The molecule has 0 amide bonds. The number of para-hydroxylation sites is 4. The number of hydrogen-bond acceptors (Lipinski definition) is 2. The molecule has 1 aliphatic carbocycles. The average Bonchev–Trinajstić information content (AvgIpc) is 3.61. The molecule has 2 heterocycles. The molecule has 0 radical (unpaired) electrons. The molecule has 0 N–H and O–H groups in total. The van der Waals surface area contributed by atoms with Crippen molar-refractivity contribution >= 4 is 21.9 Å². The van der Waals surface area contributed by atoms with Crippen molar-refractivity contribution in [1.82, 2.24) is 14.5 Å². The summed E-state index contributed by atoms with van der Waals surface area (Å²) in [7, 11) is 0. The Labute approximate surface area is 268 Å². The van der Waals surface area contributed by atoms with Crippen molar-refractivity contribution in [2.45, 2.75) is 19.3 Å². The highest BCUT2D eigenvalue weighted by atomic mass is 15.1. The highest BCUT2D eigenvalue weighted by molar-refractivity contribution is 6.02. The maximum Gasteiger partial charge on any atom is 0.145 e. The third-order valence-corrected chi connectivity index (χ3v) is 9.58. The molecule has 8 aromatic rings. The fourth-order valence-electron chi connectivity index (χ4n) is 7.41. The topological polar surface area (TPSA) is 30.7 Å². The molecule has 0 saturated carbocycles. The molecule has 1 aliphatic rings. The van der Waals surface area contributed by atoms with Crippen LogP contribution < -0.4 is 0 Å². The summed E-state index contributed by atoms with van der Waals surface area (Å²) in [5, 5.41) is 1.19. The Morgan fingerprint density at radius 1 is 0.522 bits per heavy atom. The first-order valence-corrected chi connectivity index (χ1v) is 15.9. The second-order valence-corrected chi connectivity index (χ2v) is 12.7. The first kappa shape index (κ1) is 26.6. The first-order chi connectivity index (χ1) is 22.6. The van der Waals surface area contributed by atoms with Crippen molar-refractivity contribution in [2.75, 3.05) is 0 Å². The van der Waals surface area contributed by atoms with Gasteiger partial charge in [-0.3, -0.25) is 4.57 Å². The lowest BCUT2D eigenvalue weighted by molar-refractivity contribution is 0.662. The molecular weight excluding hydrogens is 558 g/mol. The fraction of sp³-hybridized carbons (Fsp3) is 0.0698. The van der Waals surface area contributed by atoms with Crippen LogP contribution in [-0.4, -0.2) is 14.5 Å². The molecule has 2 aromatic heterocycles. The summed E-state index contributed by atoms with van der Waals surface area (Å²) in [6, 6.07) is 53.9. The second kappa shape index (κ2) is 10.1. The summed E-state index contributed by atoms with van der Waals surface area (Å²) in [6.07, 6.45) is 0. The van der Waals surface area contributed by atoms with E-state index in [1.807, 2.05) is 12.1 Å². The molecule has 0 fully saturated rings. The van der Waals surface area contributed by atoms with E-state index in [0.717, 1.165) is 39.3 Å². The molecule has 6 aromatic carbocycles. The third kappa shape index (κ3) is 3.98. The number of imidazole rings is 1. The Morgan fingerprint density at radius 3 is 2.04 bits per heavy atom. The van der Waals surface area contributed by atoms with Crippen molar-refractivity contribution in [2.24, 2.45) is 0 Å². The van der Waals surface area contributed by atoms with Crippen LogP contribution in [0.5, 0.6) is 0 Å². The predicted octanol–water partition coefficient (Wildman–Crippen LogP) is 10.9. The molecule has 0 bridgehead atoms. The van der Waals surface area contributed by atoms with Gasteiger partial charge in [-0.05, 0) is 69.8 Å². The maximum absolute atomic E-state index is 5.23.